The number of hydrogen-bond acceptors (Lipinski definition) is 6. The minimum absolute atomic E-state index is 0.244. The molecule has 0 N–H and O–H groups in total. The molecule has 2 aliphatic rings. The molecule has 2 aromatic rings. The van der Waals surface area contributed by atoms with Gasteiger partial charge in [-0.1, -0.05) is 0 Å². The van der Waals surface area contributed by atoms with Gasteiger partial charge in [0.15, 0.2) is 0 Å². The molecule has 2 amide bonds. The van der Waals surface area contributed by atoms with Gasteiger partial charge in [-0.25, -0.2) is 9.59 Å². The minimum Gasteiger partial charge on any atom is -0.444 e. The summed E-state index contributed by atoms with van der Waals surface area (Å²) >= 11 is 0. The Balaban J connectivity index is 1.30. The van der Waals surface area contributed by atoms with E-state index in [1.165, 1.54) is 0 Å². The Kier molecular flexibility index (Phi) is 7.33. The monoisotopic (exact) mass is 500 g/mol. The summed E-state index contributed by atoms with van der Waals surface area (Å²) in [6.45, 7) is 14.0. The second-order valence-electron chi connectivity index (χ2n) is 11.8. The van der Waals surface area contributed by atoms with Crippen LogP contribution in [0.5, 0.6) is 0 Å². The molecule has 2 aliphatic heterocycles. The van der Waals surface area contributed by atoms with E-state index in [-0.39, 0.29) is 24.3 Å². The summed E-state index contributed by atoms with van der Waals surface area (Å²) < 4.78 is 15.0. The molecule has 4 heterocycles. The molecule has 0 atom stereocenters. The van der Waals surface area contributed by atoms with E-state index in [2.05, 4.69) is 5.10 Å². The molecule has 0 aromatic carbocycles. The van der Waals surface area contributed by atoms with Crippen molar-refractivity contribution in [1.82, 2.24) is 29.4 Å². The van der Waals surface area contributed by atoms with Crippen molar-refractivity contribution in [3.05, 3.63) is 24.7 Å². The molecule has 10 heteroatoms. The van der Waals surface area contributed by atoms with Gasteiger partial charge in [0.05, 0.1) is 24.0 Å². The molecule has 0 unspecified atom stereocenters. The molecule has 2 aromatic heterocycles. The van der Waals surface area contributed by atoms with Crippen LogP contribution in [0.3, 0.4) is 0 Å². The summed E-state index contributed by atoms with van der Waals surface area (Å²) in [4.78, 5) is 28.2. The lowest BCUT2D eigenvalue weighted by atomic mass is 10.1. The normalized spacial score (nSPS) is 18.4. The van der Waals surface area contributed by atoms with Crippen LogP contribution in [0.4, 0.5) is 9.59 Å². The zero-order valence-corrected chi connectivity index (χ0v) is 22.4. The first kappa shape index (κ1) is 26.0. The molecule has 0 bridgehead atoms. The van der Waals surface area contributed by atoms with Crippen LogP contribution in [0.25, 0.3) is 11.3 Å². The maximum Gasteiger partial charge on any atom is 0.410 e. The number of carbonyl (C=O) groups is 2. The summed E-state index contributed by atoms with van der Waals surface area (Å²) in [7, 11) is 0. The van der Waals surface area contributed by atoms with Gasteiger partial charge in [0, 0.05) is 44.1 Å². The highest BCUT2D eigenvalue weighted by atomic mass is 16.6. The SMILES string of the molecule is CC(C)(C)OC(=O)N1CCC(n2cc(-c3ccn(C4CCN(C(=O)OC(C)(C)C)CC4)n3)cn2)CC1. The number of aromatic nitrogens is 4. The Hall–Kier alpha value is -3.04. The standard InChI is InChI=1S/C26H40N6O4/c1-25(2,3)35-23(33)29-12-7-20(8-13-29)31-16-11-22(28-31)19-17-27-32(18-19)21-9-14-30(15-10-21)24(34)36-26(4,5)6/h11,16-18,20-21H,7-10,12-15H2,1-6H3. The second-order valence-corrected chi connectivity index (χ2v) is 11.8. The lowest BCUT2D eigenvalue weighted by molar-refractivity contribution is 0.0174. The Bertz CT molecular complexity index is 963. The zero-order valence-electron chi connectivity index (χ0n) is 22.4. The molecular formula is C26H40N6O4. The smallest absolute Gasteiger partial charge is 0.410 e. The number of carbonyl (C=O) groups excluding carboxylic acids is 2. The summed E-state index contributed by atoms with van der Waals surface area (Å²) in [6, 6.07) is 2.52. The first-order valence-electron chi connectivity index (χ1n) is 12.9. The summed E-state index contributed by atoms with van der Waals surface area (Å²) in [5.74, 6) is 0. The Labute approximate surface area is 213 Å². The van der Waals surface area contributed by atoms with Gasteiger partial charge < -0.3 is 19.3 Å². The average molecular weight is 501 g/mol. The molecule has 0 aliphatic carbocycles. The number of likely N-dealkylation sites (tertiary alicyclic amines) is 2. The molecule has 4 rings (SSSR count). The van der Waals surface area contributed by atoms with Gasteiger partial charge in [-0.15, -0.1) is 0 Å². The predicted molar refractivity (Wildman–Crippen MR) is 136 cm³/mol. The summed E-state index contributed by atoms with van der Waals surface area (Å²) in [5, 5.41) is 9.42. The van der Waals surface area contributed by atoms with Crippen LogP contribution >= 0.6 is 0 Å². The van der Waals surface area contributed by atoms with Crippen LogP contribution in [0.2, 0.25) is 0 Å². The van der Waals surface area contributed by atoms with E-state index >= 15 is 0 Å². The lowest BCUT2D eigenvalue weighted by Crippen LogP contribution is -2.42. The fourth-order valence-electron chi connectivity index (χ4n) is 4.64. The number of hydrogen-bond donors (Lipinski definition) is 0. The van der Waals surface area contributed by atoms with Crippen LogP contribution in [-0.4, -0.2) is 78.9 Å². The van der Waals surface area contributed by atoms with Crippen LogP contribution < -0.4 is 0 Å². The number of nitrogens with zero attached hydrogens (tertiary/aromatic N) is 6. The average Bonchev–Trinajstić information content (AvgIpc) is 3.47. The van der Waals surface area contributed by atoms with Gasteiger partial charge in [-0.05, 0) is 73.3 Å². The number of piperidine rings is 2. The summed E-state index contributed by atoms with van der Waals surface area (Å²) in [5.41, 5.74) is 0.907. The van der Waals surface area contributed by atoms with Crippen molar-refractivity contribution in [2.24, 2.45) is 0 Å². The highest BCUT2D eigenvalue weighted by Gasteiger charge is 2.29. The van der Waals surface area contributed by atoms with E-state index in [1.807, 2.05) is 75.6 Å². The Morgan fingerprint density at radius 2 is 1.28 bits per heavy atom. The highest BCUT2D eigenvalue weighted by Crippen LogP contribution is 2.28. The number of amides is 2. The third-order valence-electron chi connectivity index (χ3n) is 6.49. The largest absolute Gasteiger partial charge is 0.444 e. The van der Waals surface area contributed by atoms with E-state index in [0.29, 0.717) is 26.2 Å². The molecular weight excluding hydrogens is 460 g/mol. The topological polar surface area (TPSA) is 94.7 Å². The van der Waals surface area contributed by atoms with Crippen molar-refractivity contribution >= 4 is 12.2 Å². The van der Waals surface area contributed by atoms with Gasteiger partial charge in [0.1, 0.15) is 11.2 Å². The van der Waals surface area contributed by atoms with Crippen molar-refractivity contribution in [1.29, 1.82) is 0 Å². The molecule has 0 radical (unpaired) electrons. The fraction of sp³-hybridized carbons (Fsp3) is 0.692. The van der Waals surface area contributed by atoms with Crippen molar-refractivity contribution in [2.45, 2.75) is 90.5 Å². The van der Waals surface area contributed by atoms with E-state index in [4.69, 9.17) is 14.6 Å². The Morgan fingerprint density at radius 1 is 0.806 bits per heavy atom. The van der Waals surface area contributed by atoms with Crippen molar-refractivity contribution in [2.75, 3.05) is 26.2 Å². The lowest BCUT2D eigenvalue weighted by Gasteiger charge is -2.33. The second kappa shape index (κ2) is 10.1. The van der Waals surface area contributed by atoms with E-state index in [1.54, 1.807) is 9.80 Å². The number of rotatable bonds is 3. The molecule has 2 saturated heterocycles. The van der Waals surface area contributed by atoms with Gasteiger partial charge in [0.25, 0.3) is 0 Å². The molecule has 198 valence electrons. The van der Waals surface area contributed by atoms with Crippen molar-refractivity contribution in [3.8, 4) is 11.3 Å². The van der Waals surface area contributed by atoms with Crippen molar-refractivity contribution in [3.63, 3.8) is 0 Å². The van der Waals surface area contributed by atoms with Gasteiger partial charge in [0.2, 0.25) is 0 Å². The van der Waals surface area contributed by atoms with Gasteiger partial charge >= 0.3 is 12.2 Å². The fourth-order valence-corrected chi connectivity index (χ4v) is 4.64. The molecule has 10 nitrogen and oxygen atoms in total. The molecule has 0 saturated carbocycles. The first-order valence-corrected chi connectivity index (χ1v) is 12.9. The minimum atomic E-state index is -0.483. The van der Waals surface area contributed by atoms with E-state index in [9.17, 15) is 9.59 Å². The highest BCUT2D eigenvalue weighted by molar-refractivity contribution is 5.68. The van der Waals surface area contributed by atoms with Crippen LogP contribution in [-0.2, 0) is 9.47 Å². The molecule has 0 spiro atoms. The van der Waals surface area contributed by atoms with Gasteiger partial charge in [-0.3, -0.25) is 9.36 Å². The quantitative estimate of drug-likeness (QED) is 0.596. The van der Waals surface area contributed by atoms with Crippen molar-refractivity contribution < 1.29 is 19.1 Å². The van der Waals surface area contributed by atoms with Gasteiger partial charge in [-0.2, -0.15) is 10.2 Å². The van der Waals surface area contributed by atoms with Crippen LogP contribution in [0, 0.1) is 0 Å². The molecule has 2 fully saturated rings. The first-order chi connectivity index (χ1) is 16.9. The third-order valence-corrected chi connectivity index (χ3v) is 6.49. The maximum atomic E-state index is 12.3. The van der Waals surface area contributed by atoms with Crippen LogP contribution in [0.1, 0.15) is 79.3 Å². The third kappa shape index (κ3) is 6.59. The Morgan fingerprint density at radius 3 is 1.75 bits per heavy atom. The summed E-state index contributed by atoms with van der Waals surface area (Å²) in [6.07, 6.45) is 8.79. The van der Waals surface area contributed by atoms with E-state index in [0.717, 1.165) is 36.9 Å². The van der Waals surface area contributed by atoms with E-state index < -0.39 is 11.2 Å². The molecule has 36 heavy (non-hydrogen) atoms. The maximum absolute atomic E-state index is 12.3. The number of ether oxygens (including phenoxy) is 2. The predicted octanol–water partition coefficient (Wildman–Crippen LogP) is 4.89. The zero-order chi connectivity index (χ0) is 26.1. The van der Waals surface area contributed by atoms with Crippen LogP contribution in [0.15, 0.2) is 24.7 Å².